The second-order valence-electron chi connectivity index (χ2n) is 7.40. The van der Waals surface area contributed by atoms with Crippen molar-refractivity contribution in [1.29, 1.82) is 0 Å². The van der Waals surface area contributed by atoms with Crippen molar-refractivity contribution in [3.63, 3.8) is 0 Å². The first kappa shape index (κ1) is 20.5. The number of hydrogen-bond acceptors (Lipinski definition) is 7. The molecule has 1 saturated heterocycles. The highest BCUT2D eigenvalue weighted by atomic mass is 35.5. The molecule has 0 unspecified atom stereocenters. The average Bonchev–Trinajstić information content (AvgIpc) is 3.19. The number of nitrogens with zero attached hydrogens (tertiary/aromatic N) is 3. The Morgan fingerprint density at radius 3 is 2.62 bits per heavy atom. The van der Waals surface area contributed by atoms with Crippen LogP contribution in [-0.2, 0) is 14.3 Å². The standard InChI is InChI=1S/C24H20ClN3O4/c1-30-19-7-4-16-12-17(22(26-20(16)14-19)28-8-10-31-11-9-28)13-21-24(29)32-23(27-21)15-2-5-18(25)6-3-15/h2-7,12-14H,8-11H2,1H3. The van der Waals surface area contributed by atoms with Crippen molar-refractivity contribution in [3.8, 4) is 5.75 Å². The number of benzene rings is 2. The van der Waals surface area contributed by atoms with Crippen LogP contribution in [0, 0.1) is 0 Å². The minimum atomic E-state index is -0.502. The summed E-state index contributed by atoms with van der Waals surface area (Å²) in [5.74, 6) is 1.26. The van der Waals surface area contributed by atoms with Gasteiger partial charge >= 0.3 is 5.97 Å². The average molecular weight is 450 g/mol. The summed E-state index contributed by atoms with van der Waals surface area (Å²) in [5.41, 5.74) is 2.51. The number of fused-ring (bicyclic) bond motifs is 1. The normalized spacial score (nSPS) is 17.6. The van der Waals surface area contributed by atoms with Crippen molar-refractivity contribution in [3.05, 3.63) is 70.4 Å². The van der Waals surface area contributed by atoms with Crippen molar-refractivity contribution in [2.24, 2.45) is 4.99 Å². The minimum Gasteiger partial charge on any atom is -0.497 e. The number of pyridine rings is 1. The van der Waals surface area contributed by atoms with Crippen LogP contribution < -0.4 is 9.64 Å². The van der Waals surface area contributed by atoms with Gasteiger partial charge in [-0.3, -0.25) is 0 Å². The Morgan fingerprint density at radius 1 is 1.09 bits per heavy atom. The molecule has 0 saturated carbocycles. The second-order valence-corrected chi connectivity index (χ2v) is 7.84. The predicted molar refractivity (Wildman–Crippen MR) is 123 cm³/mol. The van der Waals surface area contributed by atoms with Gasteiger partial charge in [-0.25, -0.2) is 14.8 Å². The number of esters is 1. The molecular weight excluding hydrogens is 430 g/mol. The maximum Gasteiger partial charge on any atom is 0.363 e. The molecule has 2 aliphatic rings. The first-order chi connectivity index (χ1) is 15.6. The Bertz CT molecular complexity index is 1250. The van der Waals surface area contributed by atoms with Crippen molar-refractivity contribution < 1.29 is 19.0 Å². The predicted octanol–water partition coefficient (Wildman–Crippen LogP) is 4.08. The monoisotopic (exact) mass is 449 g/mol. The molecule has 0 N–H and O–H groups in total. The smallest absolute Gasteiger partial charge is 0.363 e. The summed E-state index contributed by atoms with van der Waals surface area (Å²) in [6, 6.07) is 14.7. The van der Waals surface area contributed by atoms with Gasteiger partial charge in [-0.05, 0) is 48.5 Å². The number of halogens is 1. The van der Waals surface area contributed by atoms with Gasteiger partial charge in [0.1, 0.15) is 11.6 Å². The molecule has 1 aromatic heterocycles. The number of carbonyl (C=O) groups is 1. The molecule has 8 heteroatoms. The fraction of sp³-hybridized carbons (Fsp3) is 0.208. The summed E-state index contributed by atoms with van der Waals surface area (Å²) in [6.45, 7) is 2.66. The molecule has 2 aliphatic heterocycles. The second kappa shape index (κ2) is 8.61. The molecule has 0 spiro atoms. The van der Waals surface area contributed by atoms with Gasteiger partial charge < -0.3 is 19.1 Å². The molecule has 32 heavy (non-hydrogen) atoms. The van der Waals surface area contributed by atoms with Crippen LogP contribution in [0.2, 0.25) is 5.02 Å². The van der Waals surface area contributed by atoms with E-state index in [9.17, 15) is 4.79 Å². The van der Waals surface area contributed by atoms with Crippen molar-refractivity contribution in [1.82, 2.24) is 4.98 Å². The number of carbonyl (C=O) groups excluding carboxylic acids is 1. The third-order valence-corrected chi connectivity index (χ3v) is 5.60. The molecule has 3 aromatic rings. The highest BCUT2D eigenvalue weighted by Gasteiger charge is 2.25. The lowest BCUT2D eigenvalue weighted by atomic mass is 10.1. The molecule has 7 nitrogen and oxygen atoms in total. The molecule has 0 bridgehead atoms. The summed E-state index contributed by atoms with van der Waals surface area (Å²) in [7, 11) is 1.63. The summed E-state index contributed by atoms with van der Waals surface area (Å²) in [4.78, 5) is 24.0. The molecule has 0 radical (unpaired) electrons. The fourth-order valence-electron chi connectivity index (χ4n) is 3.69. The van der Waals surface area contributed by atoms with Crippen LogP contribution in [0.15, 0.2) is 59.2 Å². The van der Waals surface area contributed by atoms with E-state index in [0.717, 1.165) is 28.0 Å². The Balaban J connectivity index is 1.59. The zero-order chi connectivity index (χ0) is 22.1. The number of ether oxygens (including phenoxy) is 3. The Morgan fingerprint density at radius 2 is 1.88 bits per heavy atom. The zero-order valence-electron chi connectivity index (χ0n) is 17.4. The first-order valence-electron chi connectivity index (χ1n) is 10.2. The van der Waals surface area contributed by atoms with Gasteiger partial charge in [0.25, 0.3) is 0 Å². The van der Waals surface area contributed by atoms with Crippen LogP contribution in [0.4, 0.5) is 5.82 Å². The lowest BCUT2D eigenvalue weighted by Crippen LogP contribution is -2.37. The van der Waals surface area contributed by atoms with E-state index in [1.54, 1.807) is 37.5 Å². The van der Waals surface area contributed by atoms with Crippen LogP contribution in [0.5, 0.6) is 5.75 Å². The van der Waals surface area contributed by atoms with Gasteiger partial charge in [0, 0.05) is 40.7 Å². The van der Waals surface area contributed by atoms with E-state index in [0.29, 0.717) is 36.9 Å². The molecule has 0 atom stereocenters. The number of cyclic esters (lactones) is 1. The summed E-state index contributed by atoms with van der Waals surface area (Å²) < 4.78 is 16.2. The topological polar surface area (TPSA) is 73.2 Å². The molecular formula is C24H20ClN3O4. The van der Waals surface area contributed by atoms with E-state index in [1.807, 2.05) is 24.3 Å². The maximum atomic E-state index is 12.6. The van der Waals surface area contributed by atoms with Crippen LogP contribution in [-0.4, -0.2) is 50.3 Å². The quantitative estimate of drug-likeness (QED) is 0.441. The van der Waals surface area contributed by atoms with Crippen molar-refractivity contribution in [2.45, 2.75) is 0 Å². The van der Waals surface area contributed by atoms with Gasteiger partial charge in [0.05, 0.1) is 25.8 Å². The van der Waals surface area contributed by atoms with E-state index < -0.39 is 5.97 Å². The Kier molecular flexibility index (Phi) is 5.51. The number of rotatable bonds is 4. The van der Waals surface area contributed by atoms with E-state index >= 15 is 0 Å². The van der Waals surface area contributed by atoms with Gasteiger partial charge in [0.15, 0.2) is 5.70 Å². The van der Waals surface area contributed by atoms with Crippen molar-refractivity contribution in [2.75, 3.05) is 38.3 Å². The van der Waals surface area contributed by atoms with E-state index in [-0.39, 0.29) is 11.6 Å². The van der Waals surface area contributed by atoms with Gasteiger partial charge in [-0.2, -0.15) is 0 Å². The first-order valence-corrected chi connectivity index (χ1v) is 10.6. The number of morpholine rings is 1. The molecule has 162 valence electrons. The Hall–Kier alpha value is -3.42. The summed E-state index contributed by atoms with van der Waals surface area (Å²) >= 11 is 5.95. The van der Waals surface area contributed by atoms with Gasteiger partial charge in [0.2, 0.25) is 5.90 Å². The van der Waals surface area contributed by atoms with Crippen LogP contribution in [0.1, 0.15) is 11.1 Å². The SMILES string of the molecule is COc1ccc2cc(C=C3N=C(c4ccc(Cl)cc4)OC3=O)c(N3CCOCC3)nc2c1. The summed E-state index contributed by atoms with van der Waals surface area (Å²) in [5, 5.41) is 1.53. The number of hydrogen-bond donors (Lipinski definition) is 0. The lowest BCUT2D eigenvalue weighted by Gasteiger charge is -2.29. The maximum absolute atomic E-state index is 12.6. The number of methoxy groups -OCH3 is 1. The van der Waals surface area contributed by atoms with E-state index in [2.05, 4.69) is 9.89 Å². The van der Waals surface area contributed by atoms with Crippen LogP contribution >= 0.6 is 11.6 Å². The Labute approximate surface area is 189 Å². The number of aliphatic imine (C=N–C) groups is 1. The lowest BCUT2D eigenvalue weighted by molar-refractivity contribution is -0.129. The molecule has 3 heterocycles. The van der Waals surface area contributed by atoms with Crippen LogP contribution in [0.25, 0.3) is 17.0 Å². The zero-order valence-corrected chi connectivity index (χ0v) is 18.1. The highest BCUT2D eigenvalue weighted by Crippen LogP contribution is 2.30. The van der Waals surface area contributed by atoms with E-state index in [4.69, 9.17) is 30.8 Å². The summed E-state index contributed by atoms with van der Waals surface area (Å²) in [6.07, 6.45) is 1.73. The minimum absolute atomic E-state index is 0.221. The molecule has 2 aromatic carbocycles. The molecule has 0 aliphatic carbocycles. The third-order valence-electron chi connectivity index (χ3n) is 5.35. The van der Waals surface area contributed by atoms with Gasteiger partial charge in [-0.1, -0.05) is 11.6 Å². The number of anilines is 1. The molecule has 0 amide bonds. The molecule has 1 fully saturated rings. The van der Waals surface area contributed by atoms with Crippen LogP contribution in [0.3, 0.4) is 0 Å². The van der Waals surface area contributed by atoms with Crippen molar-refractivity contribution >= 4 is 46.3 Å². The van der Waals surface area contributed by atoms with Gasteiger partial charge in [-0.15, -0.1) is 0 Å². The third kappa shape index (κ3) is 4.04. The fourth-order valence-corrected chi connectivity index (χ4v) is 3.81. The highest BCUT2D eigenvalue weighted by molar-refractivity contribution is 6.30. The van der Waals surface area contributed by atoms with E-state index in [1.165, 1.54) is 0 Å². The number of aromatic nitrogens is 1. The largest absolute Gasteiger partial charge is 0.497 e. The molecule has 5 rings (SSSR count).